The van der Waals surface area contributed by atoms with Gasteiger partial charge in [0.1, 0.15) is 12.2 Å². The average molecular weight is 312 g/mol. The van der Waals surface area contributed by atoms with Gasteiger partial charge in [-0.25, -0.2) is 0 Å². The number of anilines is 1. The van der Waals surface area contributed by atoms with Crippen molar-refractivity contribution in [2.24, 2.45) is 7.05 Å². The van der Waals surface area contributed by atoms with Crippen molar-refractivity contribution in [1.82, 2.24) is 14.7 Å². The molecule has 0 radical (unpaired) electrons. The summed E-state index contributed by atoms with van der Waals surface area (Å²) in [7, 11) is 6.96. The molecule has 1 aliphatic heterocycles. The number of aromatic nitrogens is 2. The molecule has 0 unspecified atom stereocenters. The molecule has 1 aliphatic rings. The maximum absolute atomic E-state index is 12.1. The second kappa shape index (κ2) is 7.68. The third-order valence-electron chi connectivity index (χ3n) is 3.83. The average Bonchev–Trinajstić information content (AvgIpc) is 2.90. The van der Waals surface area contributed by atoms with Gasteiger partial charge in [0.25, 0.3) is 0 Å². The summed E-state index contributed by atoms with van der Waals surface area (Å²) in [5.41, 5.74) is 0. The van der Waals surface area contributed by atoms with Crippen LogP contribution in [0.4, 0.5) is 5.82 Å². The molecule has 1 amide bonds. The van der Waals surface area contributed by atoms with Crippen LogP contribution in [0, 0.1) is 0 Å². The second-order valence-corrected chi connectivity index (χ2v) is 5.42. The monoisotopic (exact) mass is 312 g/mol. The summed E-state index contributed by atoms with van der Waals surface area (Å²) in [5, 5.41) is 6.89. The predicted molar refractivity (Wildman–Crippen MR) is 80.7 cm³/mol. The number of rotatable bonds is 6. The normalized spacial score (nSPS) is 25.4. The zero-order chi connectivity index (χ0) is 16.1. The summed E-state index contributed by atoms with van der Waals surface area (Å²) in [6, 6.07) is 1.71. The number of nitrogens with zero attached hydrogens (tertiary/aromatic N) is 3. The molecule has 0 spiro atoms. The molecule has 124 valence electrons. The highest BCUT2D eigenvalue weighted by molar-refractivity contribution is 5.91. The van der Waals surface area contributed by atoms with Crippen molar-refractivity contribution in [1.29, 1.82) is 0 Å². The molecule has 0 bridgehead atoms. The first kappa shape index (κ1) is 16.9. The van der Waals surface area contributed by atoms with E-state index in [9.17, 15) is 4.79 Å². The molecule has 3 atom stereocenters. The summed E-state index contributed by atoms with van der Waals surface area (Å²) in [6.07, 6.45) is 1.51. The van der Waals surface area contributed by atoms with E-state index in [1.807, 2.05) is 11.9 Å². The first-order chi connectivity index (χ1) is 10.5. The summed E-state index contributed by atoms with van der Waals surface area (Å²) < 4.78 is 18.1. The molecule has 1 N–H and O–H groups in total. The molecule has 8 nitrogen and oxygen atoms in total. The molecule has 2 heterocycles. The van der Waals surface area contributed by atoms with Crippen LogP contribution in [0.3, 0.4) is 0 Å². The lowest BCUT2D eigenvalue weighted by Gasteiger charge is -2.40. The van der Waals surface area contributed by atoms with Crippen LogP contribution >= 0.6 is 0 Å². The van der Waals surface area contributed by atoms with Crippen molar-refractivity contribution in [2.45, 2.75) is 18.2 Å². The van der Waals surface area contributed by atoms with E-state index in [2.05, 4.69) is 10.4 Å². The number of aryl methyl sites for hydroxylation is 1. The van der Waals surface area contributed by atoms with Gasteiger partial charge in [0.05, 0.1) is 25.8 Å². The van der Waals surface area contributed by atoms with Gasteiger partial charge < -0.3 is 19.5 Å². The van der Waals surface area contributed by atoms with E-state index < -0.39 is 0 Å². The van der Waals surface area contributed by atoms with Gasteiger partial charge in [0, 0.05) is 33.5 Å². The quantitative estimate of drug-likeness (QED) is 0.778. The SMILES string of the molecule is CO[C@H]1[C@H](N(C)CC(=O)Nc2ccn(C)n2)COC[C@H]1OC. The molecule has 22 heavy (non-hydrogen) atoms. The maximum Gasteiger partial charge on any atom is 0.239 e. The smallest absolute Gasteiger partial charge is 0.239 e. The van der Waals surface area contributed by atoms with Gasteiger partial charge in [-0.1, -0.05) is 0 Å². The number of amides is 1. The van der Waals surface area contributed by atoms with E-state index in [1.54, 1.807) is 38.2 Å². The van der Waals surface area contributed by atoms with E-state index in [4.69, 9.17) is 14.2 Å². The lowest BCUT2D eigenvalue weighted by molar-refractivity contribution is -0.154. The summed E-state index contributed by atoms with van der Waals surface area (Å²) >= 11 is 0. The third-order valence-corrected chi connectivity index (χ3v) is 3.83. The van der Waals surface area contributed by atoms with Gasteiger partial charge >= 0.3 is 0 Å². The summed E-state index contributed by atoms with van der Waals surface area (Å²) in [4.78, 5) is 14.0. The molecule has 0 aromatic carbocycles. The number of nitrogens with one attached hydrogen (secondary N) is 1. The highest BCUT2D eigenvalue weighted by atomic mass is 16.6. The Hall–Kier alpha value is -1.48. The van der Waals surface area contributed by atoms with E-state index >= 15 is 0 Å². The van der Waals surface area contributed by atoms with Crippen LogP contribution in [-0.4, -0.2) is 79.9 Å². The van der Waals surface area contributed by atoms with Crippen molar-refractivity contribution in [3.05, 3.63) is 12.3 Å². The number of methoxy groups -OCH3 is 2. The third kappa shape index (κ3) is 4.04. The van der Waals surface area contributed by atoms with E-state index in [0.717, 1.165) is 0 Å². The number of hydrogen-bond donors (Lipinski definition) is 1. The zero-order valence-corrected chi connectivity index (χ0v) is 13.5. The minimum absolute atomic E-state index is 0.0433. The van der Waals surface area contributed by atoms with Crippen LogP contribution in [-0.2, 0) is 26.1 Å². The molecule has 0 aliphatic carbocycles. The first-order valence-corrected chi connectivity index (χ1v) is 7.18. The number of carbonyl (C=O) groups excluding carboxylic acids is 1. The van der Waals surface area contributed by atoms with E-state index in [-0.39, 0.29) is 30.7 Å². The fourth-order valence-corrected chi connectivity index (χ4v) is 2.64. The van der Waals surface area contributed by atoms with Gasteiger partial charge in [0.2, 0.25) is 5.91 Å². The molecule has 0 saturated carbocycles. The second-order valence-electron chi connectivity index (χ2n) is 5.42. The van der Waals surface area contributed by atoms with Crippen LogP contribution in [0.15, 0.2) is 12.3 Å². The molecule has 1 aromatic heterocycles. The Bertz CT molecular complexity index is 493. The van der Waals surface area contributed by atoms with Crippen molar-refractivity contribution < 1.29 is 19.0 Å². The van der Waals surface area contributed by atoms with Crippen LogP contribution in [0.2, 0.25) is 0 Å². The lowest BCUT2D eigenvalue weighted by Crippen LogP contribution is -2.57. The fourth-order valence-electron chi connectivity index (χ4n) is 2.64. The van der Waals surface area contributed by atoms with Crippen molar-refractivity contribution >= 4 is 11.7 Å². The Morgan fingerprint density at radius 2 is 2.27 bits per heavy atom. The topological polar surface area (TPSA) is 77.9 Å². The zero-order valence-electron chi connectivity index (χ0n) is 13.5. The minimum Gasteiger partial charge on any atom is -0.377 e. The molecule has 8 heteroatoms. The fraction of sp³-hybridized carbons (Fsp3) is 0.714. The first-order valence-electron chi connectivity index (χ1n) is 7.18. The van der Waals surface area contributed by atoms with E-state index in [1.165, 1.54) is 0 Å². The number of carbonyl (C=O) groups is 1. The Morgan fingerprint density at radius 1 is 1.50 bits per heavy atom. The Morgan fingerprint density at radius 3 is 2.86 bits per heavy atom. The number of ether oxygens (including phenoxy) is 3. The number of likely N-dealkylation sites (N-methyl/N-ethyl adjacent to an activating group) is 1. The predicted octanol–water partition coefficient (Wildman–Crippen LogP) is -0.281. The van der Waals surface area contributed by atoms with Crippen LogP contribution in [0.1, 0.15) is 0 Å². The Kier molecular flexibility index (Phi) is 5.90. The number of hydrogen-bond acceptors (Lipinski definition) is 6. The van der Waals surface area contributed by atoms with Crippen molar-refractivity contribution in [3.8, 4) is 0 Å². The van der Waals surface area contributed by atoms with Crippen LogP contribution in [0.25, 0.3) is 0 Å². The van der Waals surface area contributed by atoms with Gasteiger partial charge in [-0.3, -0.25) is 14.4 Å². The van der Waals surface area contributed by atoms with Gasteiger partial charge in [-0.15, -0.1) is 0 Å². The van der Waals surface area contributed by atoms with Crippen molar-refractivity contribution in [2.75, 3.05) is 46.3 Å². The van der Waals surface area contributed by atoms with Gasteiger partial charge in [0.15, 0.2) is 5.82 Å². The Balaban J connectivity index is 1.92. The molecule has 1 fully saturated rings. The summed E-state index contributed by atoms with van der Waals surface area (Å²) in [5.74, 6) is 0.412. The highest BCUT2D eigenvalue weighted by Gasteiger charge is 2.37. The largest absolute Gasteiger partial charge is 0.377 e. The molecular weight excluding hydrogens is 288 g/mol. The molecule has 1 saturated heterocycles. The molecular formula is C14H24N4O4. The molecule has 2 rings (SSSR count). The van der Waals surface area contributed by atoms with Crippen molar-refractivity contribution in [3.63, 3.8) is 0 Å². The standard InChI is InChI=1S/C14H24N4O4/c1-17(7-13(19)15-12-5-6-18(2)16-12)10-8-22-9-11(20-3)14(10)21-4/h5-6,10-11,14H,7-9H2,1-4H3,(H,15,16,19)/t10-,11-,14+/m1/s1. The van der Waals surface area contributed by atoms with Gasteiger partial charge in [-0.05, 0) is 7.05 Å². The van der Waals surface area contributed by atoms with E-state index in [0.29, 0.717) is 19.0 Å². The minimum atomic E-state index is -0.134. The Labute approximate surface area is 130 Å². The van der Waals surface area contributed by atoms with Crippen LogP contribution in [0.5, 0.6) is 0 Å². The van der Waals surface area contributed by atoms with Crippen LogP contribution < -0.4 is 5.32 Å². The van der Waals surface area contributed by atoms with Gasteiger partial charge in [-0.2, -0.15) is 5.10 Å². The molecule has 1 aromatic rings. The summed E-state index contributed by atoms with van der Waals surface area (Å²) in [6.45, 7) is 1.23. The maximum atomic E-state index is 12.1. The highest BCUT2D eigenvalue weighted by Crippen LogP contribution is 2.18. The lowest BCUT2D eigenvalue weighted by atomic mass is 10.0.